The van der Waals surface area contributed by atoms with E-state index in [4.69, 9.17) is 0 Å². The number of nitrogens with zero attached hydrogens (tertiary/aromatic N) is 1. The lowest BCUT2D eigenvalue weighted by Crippen LogP contribution is -2.28. The molecule has 1 aromatic rings. The van der Waals surface area contributed by atoms with E-state index >= 15 is 0 Å². The number of hydrogen-bond donors (Lipinski definition) is 1. The van der Waals surface area contributed by atoms with E-state index in [1.807, 2.05) is 6.07 Å². The summed E-state index contributed by atoms with van der Waals surface area (Å²) in [6.45, 7) is 5.34. The minimum absolute atomic E-state index is 0.216. The molecule has 1 fully saturated rings. The Balaban J connectivity index is 1.73. The largest absolute Gasteiger partial charge is 0.326 e. The van der Waals surface area contributed by atoms with Gasteiger partial charge in [-0.2, -0.15) is 0 Å². The Morgan fingerprint density at radius 1 is 1.37 bits per heavy atom. The summed E-state index contributed by atoms with van der Waals surface area (Å²) in [7, 11) is 0. The van der Waals surface area contributed by atoms with Crippen LogP contribution in [0.25, 0.3) is 0 Å². The van der Waals surface area contributed by atoms with Crippen LogP contribution < -0.4 is 5.32 Å². The highest BCUT2D eigenvalue weighted by atomic mass is 16.1. The molecule has 1 N–H and O–H groups in total. The molecule has 0 aromatic heterocycles. The SMILES string of the molecule is CCCN1Cc2cccc(NC(=O)C3CCC3)c2C1. The van der Waals surface area contributed by atoms with E-state index in [0.717, 1.165) is 38.2 Å². The lowest BCUT2D eigenvalue weighted by molar-refractivity contribution is -0.122. The summed E-state index contributed by atoms with van der Waals surface area (Å²) < 4.78 is 0. The van der Waals surface area contributed by atoms with Crippen molar-refractivity contribution in [3.8, 4) is 0 Å². The average molecular weight is 258 g/mol. The number of amides is 1. The summed E-state index contributed by atoms with van der Waals surface area (Å²) in [5, 5.41) is 3.14. The fourth-order valence-electron chi connectivity index (χ4n) is 2.99. The molecule has 0 unspecified atom stereocenters. The molecular formula is C16H22N2O. The molecule has 0 spiro atoms. The number of benzene rings is 1. The van der Waals surface area contributed by atoms with E-state index in [9.17, 15) is 4.79 Å². The van der Waals surface area contributed by atoms with Crippen LogP contribution in [0.2, 0.25) is 0 Å². The number of nitrogens with one attached hydrogen (secondary N) is 1. The van der Waals surface area contributed by atoms with Crippen LogP contribution in [-0.2, 0) is 17.9 Å². The van der Waals surface area contributed by atoms with Crippen molar-refractivity contribution in [1.82, 2.24) is 4.90 Å². The van der Waals surface area contributed by atoms with Gasteiger partial charge in [-0.1, -0.05) is 25.5 Å². The van der Waals surface area contributed by atoms with Crippen molar-refractivity contribution in [3.63, 3.8) is 0 Å². The normalized spacial score (nSPS) is 19.0. The zero-order valence-electron chi connectivity index (χ0n) is 11.6. The van der Waals surface area contributed by atoms with Gasteiger partial charge in [-0.25, -0.2) is 0 Å². The second kappa shape index (κ2) is 5.33. The molecule has 2 aliphatic rings. The van der Waals surface area contributed by atoms with E-state index in [2.05, 4.69) is 29.3 Å². The molecular weight excluding hydrogens is 236 g/mol. The maximum atomic E-state index is 12.1. The third-order valence-corrected chi connectivity index (χ3v) is 4.32. The summed E-state index contributed by atoms with van der Waals surface area (Å²) in [4.78, 5) is 14.5. The molecule has 0 atom stereocenters. The predicted molar refractivity (Wildman–Crippen MR) is 76.8 cm³/mol. The standard InChI is InChI=1S/C16H22N2O/c1-2-9-18-10-13-7-4-8-15(14(13)11-18)17-16(19)12-5-3-6-12/h4,7-8,12H,2-3,5-6,9-11H2,1H3,(H,17,19). The molecule has 0 bridgehead atoms. The van der Waals surface area contributed by atoms with Crippen LogP contribution >= 0.6 is 0 Å². The molecule has 1 aromatic carbocycles. The smallest absolute Gasteiger partial charge is 0.227 e. The summed E-state index contributed by atoms with van der Waals surface area (Å²) in [5.41, 5.74) is 3.73. The van der Waals surface area contributed by atoms with Gasteiger partial charge in [0, 0.05) is 24.7 Å². The molecule has 1 aliphatic carbocycles. The number of carbonyl (C=O) groups excluding carboxylic acids is 1. The second-order valence-electron chi connectivity index (χ2n) is 5.77. The zero-order valence-corrected chi connectivity index (χ0v) is 11.6. The third-order valence-electron chi connectivity index (χ3n) is 4.32. The van der Waals surface area contributed by atoms with Crippen LogP contribution in [0.5, 0.6) is 0 Å². The van der Waals surface area contributed by atoms with E-state index in [1.165, 1.54) is 24.0 Å². The quantitative estimate of drug-likeness (QED) is 0.899. The second-order valence-corrected chi connectivity index (χ2v) is 5.77. The first-order valence-corrected chi connectivity index (χ1v) is 7.42. The van der Waals surface area contributed by atoms with Crippen LogP contribution in [0.3, 0.4) is 0 Å². The van der Waals surface area contributed by atoms with Crippen molar-refractivity contribution < 1.29 is 4.79 Å². The summed E-state index contributed by atoms with van der Waals surface area (Å²) >= 11 is 0. The fourth-order valence-corrected chi connectivity index (χ4v) is 2.99. The number of hydrogen-bond acceptors (Lipinski definition) is 2. The molecule has 3 rings (SSSR count). The zero-order chi connectivity index (χ0) is 13.2. The summed E-state index contributed by atoms with van der Waals surface area (Å²) in [6, 6.07) is 6.29. The van der Waals surface area contributed by atoms with Crippen LogP contribution in [0.1, 0.15) is 43.7 Å². The van der Waals surface area contributed by atoms with Crippen molar-refractivity contribution in [2.75, 3.05) is 11.9 Å². The molecule has 3 heteroatoms. The molecule has 0 radical (unpaired) electrons. The monoisotopic (exact) mass is 258 g/mol. The first kappa shape index (κ1) is 12.7. The van der Waals surface area contributed by atoms with Crippen LogP contribution in [0.4, 0.5) is 5.69 Å². The first-order valence-electron chi connectivity index (χ1n) is 7.42. The number of anilines is 1. The van der Waals surface area contributed by atoms with Gasteiger partial charge in [0.2, 0.25) is 5.91 Å². The van der Waals surface area contributed by atoms with Gasteiger partial charge in [0.1, 0.15) is 0 Å². The van der Waals surface area contributed by atoms with Gasteiger partial charge in [-0.15, -0.1) is 0 Å². The molecule has 1 saturated carbocycles. The number of fused-ring (bicyclic) bond motifs is 1. The van der Waals surface area contributed by atoms with E-state index in [1.54, 1.807) is 0 Å². The van der Waals surface area contributed by atoms with Gasteiger partial charge in [0.15, 0.2) is 0 Å². The lowest BCUT2D eigenvalue weighted by atomic mass is 9.84. The van der Waals surface area contributed by atoms with E-state index in [0.29, 0.717) is 0 Å². The maximum Gasteiger partial charge on any atom is 0.227 e. The van der Waals surface area contributed by atoms with Crippen molar-refractivity contribution in [2.45, 2.75) is 45.7 Å². The van der Waals surface area contributed by atoms with Crippen molar-refractivity contribution in [2.24, 2.45) is 5.92 Å². The van der Waals surface area contributed by atoms with Gasteiger partial charge in [0.05, 0.1) is 0 Å². The van der Waals surface area contributed by atoms with Gasteiger partial charge >= 0.3 is 0 Å². The minimum Gasteiger partial charge on any atom is -0.326 e. The van der Waals surface area contributed by atoms with Crippen LogP contribution in [0, 0.1) is 5.92 Å². The van der Waals surface area contributed by atoms with E-state index < -0.39 is 0 Å². The molecule has 3 nitrogen and oxygen atoms in total. The van der Waals surface area contributed by atoms with Gasteiger partial charge in [-0.05, 0) is 43.0 Å². The highest BCUT2D eigenvalue weighted by Crippen LogP contribution is 2.32. The van der Waals surface area contributed by atoms with E-state index in [-0.39, 0.29) is 11.8 Å². The molecule has 1 amide bonds. The van der Waals surface area contributed by atoms with Crippen molar-refractivity contribution in [3.05, 3.63) is 29.3 Å². The highest BCUT2D eigenvalue weighted by Gasteiger charge is 2.27. The van der Waals surface area contributed by atoms with Crippen molar-refractivity contribution in [1.29, 1.82) is 0 Å². The maximum absolute atomic E-state index is 12.1. The Bertz CT molecular complexity index is 480. The molecule has 1 aliphatic heterocycles. The summed E-state index contributed by atoms with van der Waals surface area (Å²) in [6.07, 6.45) is 4.50. The van der Waals surface area contributed by atoms with Crippen LogP contribution in [-0.4, -0.2) is 17.4 Å². The Morgan fingerprint density at radius 2 is 2.21 bits per heavy atom. The predicted octanol–water partition coefficient (Wildman–Crippen LogP) is 3.15. The number of rotatable bonds is 4. The first-order chi connectivity index (χ1) is 9.28. The minimum atomic E-state index is 0.216. The lowest BCUT2D eigenvalue weighted by Gasteiger charge is -2.24. The average Bonchev–Trinajstić information content (AvgIpc) is 2.70. The molecule has 102 valence electrons. The Morgan fingerprint density at radius 3 is 2.89 bits per heavy atom. The number of carbonyl (C=O) groups is 1. The topological polar surface area (TPSA) is 32.3 Å². The fraction of sp³-hybridized carbons (Fsp3) is 0.562. The Hall–Kier alpha value is -1.35. The van der Waals surface area contributed by atoms with Gasteiger partial charge in [0.25, 0.3) is 0 Å². The van der Waals surface area contributed by atoms with Crippen LogP contribution in [0.15, 0.2) is 18.2 Å². The molecule has 1 heterocycles. The summed E-state index contributed by atoms with van der Waals surface area (Å²) in [5.74, 6) is 0.470. The third kappa shape index (κ3) is 2.52. The van der Waals surface area contributed by atoms with Gasteiger partial charge in [-0.3, -0.25) is 9.69 Å². The Kier molecular flexibility index (Phi) is 3.56. The molecule has 19 heavy (non-hydrogen) atoms. The highest BCUT2D eigenvalue weighted by molar-refractivity contribution is 5.94. The Labute approximate surface area is 115 Å². The van der Waals surface area contributed by atoms with Crippen molar-refractivity contribution >= 4 is 11.6 Å². The molecule has 0 saturated heterocycles. The van der Waals surface area contributed by atoms with Gasteiger partial charge < -0.3 is 5.32 Å².